The normalized spacial score (nSPS) is 13.8. The molecule has 0 spiro atoms. The van der Waals surface area contributed by atoms with Gasteiger partial charge in [-0.25, -0.2) is 8.42 Å². The quantitative estimate of drug-likeness (QED) is 0.809. The fourth-order valence-electron chi connectivity index (χ4n) is 3.15. The molecule has 6 nitrogen and oxygen atoms in total. The maximum absolute atomic E-state index is 12.5. The highest BCUT2D eigenvalue weighted by Crippen LogP contribution is 2.19. The van der Waals surface area contributed by atoms with Gasteiger partial charge in [0.05, 0.1) is 27.6 Å². The van der Waals surface area contributed by atoms with Crippen LogP contribution in [0.2, 0.25) is 0 Å². The first-order chi connectivity index (χ1) is 13.3. The van der Waals surface area contributed by atoms with Gasteiger partial charge in [-0.2, -0.15) is 0 Å². The number of fused-ring (bicyclic) bond motifs is 1. The molecule has 1 aromatic carbocycles. The summed E-state index contributed by atoms with van der Waals surface area (Å²) < 4.78 is 23.7. The average Bonchev–Trinajstić information content (AvgIpc) is 2.71. The summed E-state index contributed by atoms with van der Waals surface area (Å²) in [6.07, 6.45) is 2.38. The van der Waals surface area contributed by atoms with Crippen LogP contribution in [-0.2, 0) is 22.8 Å². The van der Waals surface area contributed by atoms with E-state index in [9.17, 15) is 13.2 Å². The van der Waals surface area contributed by atoms with Crippen molar-refractivity contribution in [3.05, 3.63) is 58.9 Å². The van der Waals surface area contributed by atoms with Gasteiger partial charge in [0.1, 0.15) is 0 Å². The van der Waals surface area contributed by atoms with Crippen molar-refractivity contribution in [2.45, 2.75) is 38.6 Å². The predicted octanol–water partition coefficient (Wildman–Crippen LogP) is 2.81. The third-order valence-electron chi connectivity index (χ3n) is 4.80. The van der Waals surface area contributed by atoms with Crippen molar-refractivity contribution in [3.63, 3.8) is 0 Å². The third-order valence-corrected chi connectivity index (χ3v) is 6.55. The van der Waals surface area contributed by atoms with Gasteiger partial charge in [-0.3, -0.25) is 14.8 Å². The SMILES string of the molecule is CCS(=O)(=O)c1ccc(CNC(=O)c2cnc3c(c2)CCN=C3C(C)C)cc1. The van der Waals surface area contributed by atoms with Crippen molar-refractivity contribution in [2.24, 2.45) is 10.9 Å². The van der Waals surface area contributed by atoms with Crippen LogP contribution in [0.1, 0.15) is 48.0 Å². The highest BCUT2D eigenvalue weighted by atomic mass is 32.2. The van der Waals surface area contributed by atoms with Gasteiger partial charge in [-0.1, -0.05) is 32.9 Å². The molecule has 28 heavy (non-hydrogen) atoms. The topological polar surface area (TPSA) is 88.5 Å². The summed E-state index contributed by atoms with van der Waals surface area (Å²) in [6, 6.07) is 8.49. The molecule has 0 aliphatic carbocycles. The number of carbonyl (C=O) groups is 1. The first-order valence-electron chi connectivity index (χ1n) is 9.45. The molecule has 0 atom stereocenters. The second-order valence-corrected chi connectivity index (χ2v) is 9.41. The number of hydrogen-bond donors (Lipinski definition) is 1. The zero-order chi connectivity index (χ0) is 20.3. The van der Waals surface area contributed by atoms with Crippen molar-refractivity contribution in [2.75, 3.05) is 12.3 Å². The Labute approximate surface area is 166 Å². The van der Waals surface area contributed by atoms with Crippen molar-refractivity contribution in [3.8, 4) is 0 Å². The number of sulfone groups is 1. The summed E-state index contributed by atoms with van der Waals surface area (Å²) in [5.74, 6) is 0.164. The molecule has 0 bridgehead atoms. The minimum Gasteiger partial charge on any atom is -0.348 e. The number of carbonyl (C=O) groups excluding carboxylic acids is 1. The molecular weight excluding hydrogens is 374 g/mol. The molecule has 1 amide bonds. The van der Waals surface area contributed by atoms with E-state index in [0.717, 1.165) is 35.5 Å². The van der Waals surface area contributed by atoms with Crippen molar-refractivity contribution < 1.29 is 13.2 Å². The molecule has 0 radical (unpaired) electrons. The lowest BCUT2D eigenvalue weighted by Crippen LogP contribution is -2.25. The van der Waals surface area contributed by atoms with Crippen LogP contribution in [0.15, 0.2) is 46.4 Å². The number of nitrogens with one attached hydrogen (secondary N) is 1. The minimum absolute atomic E-state index is 0.0671. The maximum atomic E-state index is 12.5. The molecule has 1 aliphatic rings. The highest BCUT2D eigenvalue weighted by Gasteiger charge is 2.20. The third kappa shape index (κ3) is 4.30. The van der Waals surface area contributed by atoms with Gasteiger partial charge in [0.15, 0.2) is 9.84 Å². The van der Waals surface area contributed by atoms with E-state index in [2.05, 4.69) is 29.1 Å². The largest absolute Gasteiger partial charge is 0.348 e. The summed E-state index contributed by atoms with van der Waals surface area (Å²) in [4.78, 5) is 21.9. The fraction of sp³-hybridized carbons (Fsp3) is 0.381. The number of nitrogens with zero attached hydrogens (tertiary/aromatic N) is 2. The molecule has 1 aliphatic heterocycles. The molecule has 0 fully saturated rings. The van der Waals surface area contributed by atoms with Gasteiger partial charge in [0, 0.05) is 19.3 Å². The number of pyridine rings is 1. The van der Waals surface area contributed by atoms with Crippen LogP contribution in [0.5, 0.6) is 0 Å². The number of benzene rings is 1. The van der Waals surface area contributed by atoms with Crippen molar-refractivity contribution >= 4 is 21.5 Å². The lowest BCUT2D eigenvalue weighted by Gasteiger charge is -2.19. The maximum Gasteiger partial charge on any atom is 0.253 e. The van der Waals surface area contributed by atoms with E-state index in [1.165, 1.54) is 0 Å². The Kier molecular flexibility index (Phi) is 5.93. The Morgan fingerprint density at radius 3 is 2.57 bits per heavy atom. The minimum atomic E-state index is -3.21. The van der Waals surface area contributed by atoms with E-state index in [1.807, 2.05) is 6.07 Å². The van der Waals surface area contributed by atoms with Gasteiger partial charge in [0.2, 0.25) is 0 Å². The highest BCUT2D eigenvalue weighted by molar-refractivity contribution is 7.91. The molecule has 1 N–H and O–H groups in total. The summed E-state index contributed by atoms with van der Waals surface area (Å²) in [6.45, 7) is 6.84. The molecule has 2 heterocycles. The van der Waals surface area contributed by atoms with Gasteiger partial charge in [0.25, 0.3) is 5.91 Å². The van der Waals surface area contributed by atoms with Crippen LogP contribution in [0, 0.1) is 5.92 Å². The first-order valence-corrected chi connectivity index (χ1v) is 11.1. The number of hydrogen-bond acceptors (Lipinski definition) is 5. The van der Waals surface area contributed by atoms with E-state index in [1.54, 1.807) is 37.4 Å². The van der Waals surface area contributed by atoms with Crippen LogP contribution >= 0.6 is 0 Å². The monoisotopic (exact) mass is 399 g/mol. The molecule has 0 unspecified atom stereocenters. The second kappa shape index (κ2) is 8.22. The zero-order valence-corrected chi connectivity index (χ0v) is 17.2. The molecule has 7 heteroatoms. The number of aromatic nitrogens is 1. The first kappa shape index (κ1) is 20.2. The Morgan fingerprint density at radius 1 is 1.21 bits per heavy atom. The van der Waals surface area contributed by atoms with E-state index in [-0.39, 0.29) is 11.7 Å². The summed E-state index contributed by atoms with van der Waals surface area (Å²) in [5, 5.41) is 2.87. The molecule has 148 valence electrons. The van der Waals surface area contributed by atoms with Crippen molar-refractivity contribution in [1.82, 2.24) is 10.3 Å². The van der Waals surface area contributed by atoms with Crippen LogP contribution < -0.4 is 5.32 Å². The summed E-state index contributed by atoms with van der Waals surface area (Å²) in [5.41, 5.74) is 4.30. The van der Waals surface area contributed by atoms with E-state index in [4.69, 9.17) is 0 Å². The van der Waals surface area contributed by atoms with Gasteiger partial charge < -0.3 is 5.32 Å². The van der Waals surface area contributed by atoms with E-state index in [0.29, 0.717) is 22.9 Å². The standard InChI is InChI=1S/C21H25N3O3S/c1-4-28(26,27)18-7-5-15(6-8-18)12-24-21(25)17-11-16-9-10-22-19(14(2)3)20(16)23-13-17/h5-8,11,13-14H,4,9-10,12H2,1-3H3,(H,24,25). The van der Waals surface area contributed by atoms with Crippen molar-refractivity contribution in [1.29, 1.82) is 0 Å². The van der Waals surface area contributed by atoms with Gasteiger partial charge >= 0.3 is 0 Å². The van der Waals surface area contributed by atoms with Crippen LogP contribution in [0.3, 0.4) is 0 Å². The van der Waals surface area contributed by atoms with Crippen LogP contribution in [0.25, 0.3) is 0 Å². The van der Waals surface area contributed by atoms with Gasteiger partial charge in [-0.05, 0) is 41.7 Å². The molecule has 2 aromatic rings. The molecular formula is C21H25N3O3S. The number of rotatable bonds is 6. The van der Waals surface area contributed by atoms with E-state index >= 15 is 0 Å². The Hall–Kier alpha value is -2.54. The fourth-order valence-corrected chi connectivity index (χ4v) is 4.03. The Balaban J connectivity index is 1.68. The second-order valence-electron chi connectivity index (χ2n) is 7.13. The predicted molar refractivity (Wildman–Crippen MR) is 110 cm³/mol. The number of amides is 1. The zero-order valence-electron chi connectivity index (χ0n) is 16.4. The smallest absolute Gasteiger partial charge is 0.253 e. The lowest BCUT2D eigenvalue weighted by molar-refractivity contribution is 0.0950. The van der Waals surface area contributed by atoms with Gasteiger partial charge in [-0.15, -0.1) is 0 Å². The summed E-state index contributed by atoms with van der Waals surface area (Å²) >= 11 is 0. The molecule has 0 saturated heterocycles. The molecule has 3 rings (SSSR count). The lowest BCUT2D eigenvalue weighted by atomic mass is 9.95. The van der Waals surface area contributed by atoms with Crippen LogP contribution in [0.4, 0.5) is 0 Å². The summed E-state index contributed by atoms with van der Waals surface area (Å²) in [7, 11) is -3.21. The van der Waals surface area contributed by atoms with E-state index < -0.39 is 9.84 Å². The molecule has 0 saturated carbocycles. The Bertz CT molecular complexity index is 1010. The average molecular weight is 400 g/mol. The van der Waals surface area contributed by atoms with Crippen LogP contribution in [-0.4, -0.2) is 37.3 Å². The number of aliphatic imine (C=N–C) groups is 1. The Morgan fingerprint density at radius 2 is 1.93 bits per heavy atom. The molecule has 1 aromatic heterocycles.